The average molecular weight is 307 g/mol. The molecule has 1 amide bonds. The van der Waals surface area contributed by atoms with Gasteiger partial charge in [0.15, 0.2) is 5.75 Å². The highest BCUT2D eigenvalue weighted by Crippen LogP contribution is 2.37. The van der Waals surface area contributed by atoms with Crippen molar-refractivity contribution in [1.82, 2.24) is 4.90 Å². The van der Waals surface area contributed by atoms with Crippen LogP contribution < -0.4 is 9.64 Å². The van der Waals surface area contributed by atoms with Crippen molar-refractivity contribution in [3.05, 3.63) is 28.3 Å². The number of rotatable bonds is 5. The average Bonchev–Trinajstić information content (AvgIpc) is 2.46. The fourth-order valence-electron chi connectivity index (χ4n) is 2.66. The van der Waals surface area contributed by atoms with Crippen LogP contribution in [0.15, 0.2) is 18.2 Å². The van der Waals surface area contributed by atoms with E-state index in [1.54, 1.807) is 34.9 Å². The molecule has 120 valence electrons. The second kappa shape index (κ2) is 6.64. The van der Waals surface area contributed by atoms with E-state index in [2.05, 4.69) is 0 Å². The summed E-state index contributed by atoms with van der Waals surface area (Å²) >= 11 is 0. The van der Waals surface area contributed by atoms with Gasteiger partial charge in [-0.1, -0.05) is 6.07 Å². The van der Waals surface area contributed by atoms with E-state index in [1.807, 2.05) is 13.8 Å². The van der Waals surface area contributed by atoms with E-state index in [1.165, 1.54) is 0 Å². The van der Waals surface area contributed by atoms with E-state index < -0.39 is 4.92 Å². The number of ether oxygens (including phenoxy) is 1. The minimum Gasteiger partial charge on any atom is -0.487 e. The number of carbonyl (C=O) groups excluding carboxylic acids is 1. The third kappa shape index (κ3) is 3.13. The van der Waals surface area contributed by atoms with E-state index in [0.717, 1.165) is 0 Å². The number of para-hydroxylation sites is 1. The molecule has 0 atom stereocenters. The van der Waals surface area contributed by atoms with E-state index in [0.29, 0.717) is 25.4 Å². The van der Waals surface area contributed by atoms with Gasteiger partial charge in [0.25, 0.3) is 0 Å². The van der Waals surface area contributed by atoms with Gasteiger partial charge in [-0.3, -0.25) is 14.9 Å². The number of carbonyl (C=O) groups is 1. The van der Waals surface area contributed by atoms with Gasteiger partial charge in [-0.15, -0.1) is 0 Å². The summed E-state index contributed by atoms with van der Waals surface area (Å²) in [4.78, 5) is 26.7. The summed E-state index contributed by atoms with van der Waals surface area (Å²) < 4.78 is 5.35. The molecule has 0 bridgehead atoms. The monoisotopic (exact) mass is 307 g/mol. The topological polar surface area (TPSA) is 75.9 Å². The van der Waals surface area contributed by atoms with Crippen LogP contribution >= 0.6 is 0 Å². The molecule has 0 radical (unpaired) electrons. The van der Waals surface area contributed by atoms with Crippen LogP contribution in [0.1, 0.15) is 20.8 Å². The molecule has 0 unspecified atom stereocenters. The van der Waals surface area contributed by atoms with Crippen molar-refractivity contribution in [3.63, 3.8) is 0 Å². The minimum absolute atomic E-state index is 0.0163. The Morgan fingerprint density at radius 3 is 2.64 bits per heavy atom. The van der Waals surface area contributed by atoms with Crippen LogP contribution in [0.3, 0.4) is 0 Å². The Balaban J connectivity index is 2.31. The maximum atomic E-state index is 12.2. The highest BCUT2D eigenvalue weighted by molar-refractivity contribution is 5.85. The third-order valence-electron chi connectivity index (χ3n) is 3.68. The standard InChI is InChI=1S/C15H21N3O4/c1-4-22-13-7-5-6-12(15(13)18(20)21)16-8-9-17(11(2)3)14(19)10-16/h5-7,11H,4,8-10H2,1-3H3. The second-order valence-corrected chi connectivity index (χ2v) is 5.42. The van der Waals surface area contributed by atoms with Crippen molar-refractivity contribution < 1.29 is 14.5 Å². The Morgan fingerprint density at radius 1 is 1.36 bits per heavy atom. The molecule has 1 aromatic carbocycles. The van der Waals surface area contributed by atoms with Gasteiger partial charge >= 0.3 is 5.69 Å². The zero-order chi connectivity index (χ0) is 16.3. The molecule has 7 heteroatoms. The minimum atomic E-state index is -0.445. The molecule has 1 aliphatic rings. The number of anilines is 1. The summed E-state index contributed by atoms with van der Waals surface area (Å²) in [5, 5.41) is 11.4. The largest absolute Gasteiger partial charge is 0.487 e. The maximum absolute atomic E-state index is 12.2. The first-order valence-electron chi connectivity index (χ1n) is 7.40. The van der Waals surface area contributed by atoms with E-state index in [9.17, 15) is 14.9 Å². The lowest BCUT2D eigenvalue weighted by Gasteiger charge is -2.37. The predicted octanol–water partition coefficient (Wildman–Crippen LogP) is 2.05. The molecule has 1 aliphatic heterocycles. The molecular weight excluding hydrogens is 286 g/mol. The van der Waals surface area contributed by atoms with Gasteiger partial charge in [0.2, 0.25) is 5.91 Å². The zero-order valence-electron chi connectivity index (χ0n) is 13.1. The number of nitro benzene ring substituents is 1. The molecule has 1 heterocycles. The number of benzene rings is 1. The molecule has 0 N–H and O–H groups in total. The number of piperazine rings is 1. The summed E-state index contributed by atoms with van der Waals surface area (Å²) in [6, 6.07) is 5.10. The lowest BCUT2D eigenvalue weighted by atomic mass is 10.2. The second-order valence-electron chi connectivity index (χ2n) is 5.42. The Labute approximate surface area is 129 Å². The van der Waals surface area contributed by atoms with Crippen LogP contribution in [0.5, 0.6) is 5.75 Å². The lowest BCUT2D eigenvalue weighted by Crippen LogP contribution is -2.52. The summed E-state index contributed by atoms with van der Waals surface area (Å²) in [7, 11) is 0. The van der Waals surface area contributed by atoms with Crippen molar-refractivity contribution in [2.24, 2.45) is 0 Å². The van der Waals surface area contributed by atoms with Crippen LogP contribution in [0.2, 0.25) is 0 Å². The quantitative estimate of drug-likeness (QED) is 0.614. The van der Waals surface area contributed by atoms with Crippen molar-refractivity contribution in [2.45, 2.75) is 26.8 Å². The first-order chi connectivity index (χ1) is 10.5. The van der Waals surface area contributed by atoms with Crippen molar-refractivity contribution in [3.8, 4) is 5.75 Å². The van der Waals surface area contributed by atoms with Crippen molar-refractivity contribution in [2.75, 3.05) is 31.1 Å². The molecule has 1 saturated heterocycles. The van der Waals surface area contributed by atoms with Gasteiger partial charge in [0.1, 0.15) is 5.69 Å². The normalized spacial score (nSPS) is 15.4. The number of hydrogen-bond donors (Lipinski definition) is 0. The SMILES string of the molecule is CCOc1cccc(N2CCN(C(C)C)C(=O)C2)c1[N+](=O)[O-]. The van der Waals surface area contributed by atoms with E-state index in [-0.39, 0.29) is 29.9 Å². The van der Waals surface area contributed by atoms with Crippen LogP contribution in [-0.2, 0) is 4.79 Å². The van der Waals surface area contributed by atoms with Gasteiger partial charge in [-0.2, -0.15) is 0 Å². The smallest absolute Gasteiger partial charge is 0.333 e. The summed E-state index contributed by atoms with van der Waals surface area (Å²) in [6.45, 7) is 7.34. The molecular formula is C15H21N3O4. The molecule has 1 aromatic rings. The number of amides is 1. The first-order valence-corrected chi connectivity index (χ1v) is 7.40. The fourth-order valence-corrected chi connectivity index (χ4v) is 2.66. The van der Waals surface area contributed by atoms with Crippen LogP contribution in [0.4, 0.5) is 11.4 Å². The Morgan fingerprint density at radius 2 is 2.09 bits per heavy atom. The maximum Gasteiger partial charge on any atom is 0.333 e. The molecule has 0 saturated carbocycles. The van der Waals surface area contributed by atoms with Crippen LogP contribution in [0, 0.1) is 10.1 Å². The van der Waals surface area contributed by atoms with Crippen molar-refractivity contribution in [1.29, 1.82) is 0 Å². The van der Waals surface area contributed by atoms with Gasteiger partial charge < -0.3 is 14.5 Å². The highest BCUT2D eigenvalue weighted by Gasteiger charge is 2.31. The fraction of sp³-hybridized carbons (Fsp3) is 0.533. The molecule has 0 aromatic heterocycles. The van der Waals surface area contributed by atoms with Gasteiger partial charge in [-0.05, 0) is 32.9 Å². The van der Waals surface area contributed by atoms with Gasteiger partial charge in [0.05, 0.1) is 18.1 Å². The number of hydrogen-bond acceptors (Lipinski definition) is 5. The molecule has 22 heavy (non-hydrogen) atoms. The molecule has 1 fully saturated rings. The highest BCUT2D eigenvalue weighted by atomic mass is 16.6. The van der Waals surface area contributed by atoms with Crippen molar-refractivity contribution >= 4 is 17.3 Å². The summed E-state index contributed by atoms with van der Waals surface area (Å²) in [5.41, 5.74) is 0.364. The Kier molecular flexibility index (Phi) is 4.85. The lowest BCUT2D eigenvalue weighted by molar-refractivity contribution is -0.385. The molecule has 0 aliphatic carbocycles. The first kappa shape index (κ1) is 16.1. The van der Waals surface area contributed by atoms with Gasteiger partial charge in [-0.25, -0.2) is 0 Å². The van der Waals surface area contributed by atoms with E-state index in [4.69, 9.17) is 4.74 Å². The van der Waals surface area contributed by atoms with E-state index >= 15 is 0 Å². The molecule has 2 rings (SSSR count). The summed E-state index contributed by atoms with van der Waals surface area (Å²) in [5.74, 6) is 0.223. The molecule has 7 nitrogen and oxygen atoms in total. The zero-order valence-corrected chi connectivity index (χ0v) is 13.1. The van der Waals surface area contributed by atoms with Crippen LogP contribution in [-0.4, -0.2) is 48.0 Å². The third-order valence-corrected chi connectivity index (χ3v) is 3.68. The number of nitrogens with zero attached hydrogens (tertiary/aromatic N) is 3. The predicted molar refractivity (Wildman–Crippen MR) is 83.3 cm³/mol. The Hall–Kier alpha value is -2.31. The number of nitro groups is 1. The summed E-state index contributed by atoms with van der Waals surface area (Å²) in [6.07, 6.45) is 0. The Bertz CT molecular complexity index is 574. The van der Waals surface area contributed by atoms with Crippen LogP contribution in [0.25, 0.3) is 0 Å². The van der Waals surface area contributed by atoms with Gasteiger partial charge in [0, 0.05) is 19.1 Å². The molecule has 0 spiro atoms.